The van der Waals surface area contributed by atoms with Gasteiger partial charge in [-0.1, -0.05) is 30.3 Å². The second-order valence-corrected chi connectivity index (χ2v) is 9.74. The summed E-state index contributed by atoms with van der Waals surface area (Å²) in [6.45, 7) is 3.26. The molecular formula is C30H34N2O7. The maximum atomic E-state index is 13.8. The topological polar surface area (TPSA) is 110 Å². The number of anilines is 1. The molecule has 2 aliphatic rings. The summed E-state index contributed by atoms with van der Waals surface area (Å²) in [7, 11) is 1.64. The lowest BCUT2D eigenvalue weighted by atomic mass is 9.96. The van der Waals surface area contributed by atoms with Gasteiger partial charge in [0.2, 0.25) is 0 Å². The molecule has 0 spiro atoms. The second-order valence-electron chi connectivity index (χ2n) is 9.74. The van der Waals surface area contributed by atoms with Gasteiger partial charge in [-0.2, -0.15) is 0 Å². The Labute approximate surface area is 227 Å². The van der Waals surface area contributed by atoms with Crippen molar-refractivity contribution in [1.29, 1.82) is 0 Å². The number of phenolic OH excluding ortho intramolecular Hbond substituents is 2. The van der Waals surface area contributed by atoms with Gasteiger partial charge in [-0.05, 0) is 35.6 Å². The lowest BCUT2D eigenvalue weighted by Crippen LogP contribution is -2.37. The van der Waals surface area contributed by atoms with E-state index >= 15 is 0 Å². The Bertz CT molecular complexity index is 1290. The van der Waals surface area contributed by atoms with E-state index in [-0.39, 0.29) is 41.4 Å². The van der Waals surface area contributed by atoms with E-state index in [0.717, 1.165) is 40.6 Å². The molecule has 2 aliphatic heterocycles. The predicted molar refractivity (Wildman–Crippen MR) is 146 cm³/mol. The minimum Gasteiger partial charge on any atom is -0.508 e. The molecule has 0 aromatic heterocycles. The van der Waals surface area contributed by atoms with Crippen LogP contribution in [0.5, 0.6) is 23.0 Å². The Hall–Kier alpha value is -3.95. The Balaban J connectivity index is 1.40. The van der Waals surface area contributed by atoms with E-state index in [1.54, 1.807) is 12.0 Å². The van der Waals surface area contributed by atoms with Crippen molar-refractivity contribution >= 4 is 11.6 Å². The zero-order valence-corrected chi connectivity index (χ0v) is 22.0. The average Bonchev–Trinajstić information content (AvgIpc) is 3.45. The predicted octanol–water partition coefficient (Wildman–Crippen LogP) is 4.10. The molecule has 9 heteroatoms. The van der Waals surface area contributed by atoms with Crippen molar-refractivity contribution in [2.75, 3.05) is 45.4 Å². The molecule has 1 fully saturated rings. The van der Waals surface area contributed by atoms with Gasteiger partial charge in [0.1, 0.15) is 41.8 Å². The van der Waals surface area contributed by atoms with Crippen LogP contribution in [0, 0.1) is 0 Å². The molecule has 0 unspecified atom stereocenters. The molecule has 0 saturated carbocycles. The summed E-state index contributed by atoms with van der Waals surface area (Å²) in [6.07, 6.45) is 1.52. The lowest BCUT2D eigenvalue weighted by Gasteiger charge is -2.32. The van der Waals surface area contributed by atoms with Crippen molar-refractivity contribution in [2.24, 2.45) is 0 Å². The van der Waals surface area contributed by atoms with Crippen LogP contribution < -0.4 is 14.8 Å². The first-order valence-corrected chi connectivity index (χ1v) is 13.2. The zero-order chi connectivity index (χ0) is 27.2. The molecule has 3 N–H and O–H groups in total. The highest BCUT2D eigenvalue weighted by atomic mass is 16.5. The summed E-state index contributed by atoms with van der Waals surface area (Å²) in [5.41, 5.74) is 3.95. The standard InChI is InChI=1S/C30H34N2O7/c1-36-11-12-38-24-13-21-7-9-32(17-25(21)26(16-24)31-22-8-10-37-19-22)30(35)29-27(34)14-23(33)15-28(29)39-18-20-5-3-2-4-6-20/h2-6,13-16,22,31,33-34H,7-12,17-19H2,1H3/t22-/m1/s1. The van der Waals surface area contributed by atoms with Crippen LogP contribution in [-0.4, -0.2) is 67.1 Å². The maximum absolute atomic E-state index is 13.8. The summed E-state index contributed by atoms with van der Waals surface area (Å²) < 4.78 is 22.5. The van der Waals surface area contributed by atoms with Crippen LogP contribution in [0.4, 0.5) is 5.69 Å². The van der Waals surface area contributed by atoms with Crippen molar-refractivity contribution in [3.63, 3.8) is 0 Å². The van der Waals surface area contributed by atoms with Crippen molar-refractivity contribution in [3.8, 4) is 23.0 Å². The molecule has 3 aromatic rings. The first kappa shape index (κ1) is 26.6. The third kappa shape index (κ3) is 6.38. The van der Waals surface area contributed by atoms with Gasteiger partial charge in [-0.3, -0.25) is 4.79 Å². The number of carbonyl (C=O) groups is 1. The van der Waals surface area contributed by atoms with Crippen LogP contribution in [-0.2, 0) is 29.0 Å². The van der Waals surface area contributed by atoms with Gasteiger partial charge in [-0.25, -0.2) is 0 Å². The highest BCUT2D eigenvalue weighted by molar-refractivity contribution is 6.00. The minimum absolute atomic E-state index is 0.0328. The maximum Gasteiger partial charge on any atom is 0.261 e. The summed E-state index contributed by atoms with van der Waals surface area (Å²) in [5.74, 6) is 0.0200. The Morgan fingerprint density at radius 1 is 1.10 bits per heavy atom. The van der Waals surface area contributed by atoms with E-state index in [0.29, 0.717) is 45.9 Å². The van der Waals surface area contributed by atoms with E-state index in [2.05, 4.69) is 5.32 Å². The Morgan fingerprint density at radius 3 is 2.72 bits per heavy atom. The van der Waals surface area contributed by atoms with Crippen LogP contribution in [0.25, 0.3) is 0 Å². The van der Waals surface area contributed by atoms with Crippen molar-refractivity contribution < 1.29 is 34.0 Å². The highest BCUT2D eigenvalue weighted by Crippen LogP contribution is 2.37. The van der Waals surface area contributed by atoms with E-state index in [1.807, 2.05) is 42.5 Å². The first-order chi connectivity index (χ1) is 19.0. The van der Waals surface area contributed by atoms with Crippen LogP contribution in [0.3, 0.4) is 0 Å². The number of methoxy groups -OCH3 is 1. The number of nitrogens with zero attached hydrogens (tertiary/aromatic N) is 1. The molecule has 1 saturated heterocycles. The summed E-state index contributed by atoms with van der Waals surface area (Å²) in [4.78, 5) is 15.5. The number of rotatable bonds is 10. The molecule has 5 rings (SSSR count). The van der Waals surface area contributed by atoms with Gasteiger partial charge in [0.05, 0.1) is 19.3 Å². The highest BCUT2D eigenvalue weighted by Gasteiger charge is 2.30. The number of hydrogen-bond acceptors (Lipinski definition) is 8. The van der Waals surface area contributed by atoms with E-state index in [4.69, 9.17) is 18.9 Å². The number of benzene rings is 3. The van der Waals surface area contributed by atoms with E-state index in [9.17, 15) is 15.0 Å². The van der Waals surface area contributed by atoms with Gasteiger partial charge < -0.3 is 39.4 Å². The lowest BCUT2D eigenvalue weighted by molar-refractivity contribution is 0.0726. The molecule has 39 heavy (non-hydrogen) atoms. The van der Waals surface area contributed by atoms with Crippen molar-refractivity contribution in [2.45, 2.75) is 32.0 Å². The van der Waals surface area contributed by atoms with Crippen LogP contribution in [0.15, 0.2) is 54.6 Å². The molecule has 206 valence electrons. The number of nitrogens with one attached hydrogen (secondary N) is 1. The normalized spacial score (nSPS) is 16.5. The minimum atomic E-state index is -0.364. The molecule has 0 aliphatic carbocycles. The smallest absolute Gasteiger partial charge is 0.261 e. The fourth-order valence-electron chi connectivity index (χ4n) is 4.94. The molecule has 1 atom stereocenters. The van der Waals surface area contributed by atoms with Crippen molar-refractivity contribution in [1.82, 2.24) is 4.90 Å². The Morgan fingerprint density at radius 2 is 1.95 bits per heavy atom. The number of aromatic hydroxyl groups is 2. The van der Waals surface area contributed by atoms with E-state index < -0.39 is 0 Å². The quantitative estimate of drug-likeness (QED) is 0.334. The SMILES string of the molecule is COCCOc1cc2c(c(N[C@@H]3CCOC3)c1)CN(C(=O)c1c(O)cc(O)cc1OCc1ccccc1)CC2. The fraction of sp³-hybridized carbons (Fsp3) is 0.367. The number of ether oxygens (including phenoxy) is 4. The summed E-state index contributed by atoms with van der Waals surface area (Å²) in [6, 6.07) is 16.2. The third-order valence-electron chi connectivity index (χ3n) is 6.97. The monoisotopic (exact) mass is 534 g/mol. The number of carbonyl (C=O) groups excluding carboxylic acids is 1. The largest absolute Gasteiger partial charge is 0.508 e. The number of hydrogen-bond donors (Lipinski definition) is 3. The molecule has 2 heterocycles. The van der Waals surface area contributed by atoms with Gasteiger partial charge in [-0.15, -0.1) is 0 Å². The van der Waals surface area contributed by atoms with Gasteiger partial charge >= 0.3 is 0 Å². The zero-order valence-electron chi connectivity index (χ0n) is 22.0. The Kier molecular flexibility index (Phi) is 8.39. The second kappa shape index (κ2) is 12.3. The molecule has 1 amide bonds. The summed E-state index contributed by atoms with van der Waals surface area (Å²) in [5, 5.41) is 24.4. The molecular weight excluding hydrogens is 500 g/mol. The summed E-state index contributed by atoms with van der Waals surface area (Å²) >= 11 is 0. The average molecular weight is 535 g/mol. The van der Waals surface area contributed by atoms with Gasteiger partial charge in [0.25, 0.3) is 5.91 Å². The van der Waals surface area contributed by atoms with Crippen LogP contribution >= 0.6 is 0 Å². The van der Waals surface area contributed by atoms with E-state index in [1.165, 1.54) is 6.07 Å². The first-order valence-electron chi connectivity index (χ1n) is 13.2. The number of amides is 1. The molecule has 9 nitrogen and oxygen atoms in total. The number of phenols is 2. The molecule has 3 aromatic carbocycles. The third-order valence-corrected chi connectivity index (χ3v) is 6.97. The number of fused-ring (bicyclic) bond motifs is 1. The van der Waals surface area contributed by atoms with Crippen LogP contribution in [0.2, 0.25) is 0 Å². The van der Waals surface area contributed by atoms with Crippen molar-refractivity contribution in [3.05, 3.63) is 76.9 Å². The molecule has 0 bridgehead atoms. The molecule has 0 radical (unpaired) electrons. The fourth-order valence-corrected chi connectivity index (χ4v) is 4.94. The van der Waals surface area contributed by atoms with Gasteiger partial charge in [0, 0.05) is 50.7 Å². The van der Waals surface area contributed by atoms with Gasteiger partial charge in [0.15, 0.2) is 0 Å². The van der Waals surface area contributed by atoms with Crippen LogP contribution in [0.1, 0.15) is 33.5 Å².